The first-order chi connectivity index (χ1) is 14.4. The van der Waals surface area contributed by atoms with Crippen LogP contribution in [0.4, 0.5) is 10.1 Å². The van der Waals surface area contributed by atoms with Crippen molar-refractivity contribution in [2.24, 2.45) is 10.3 Å². The predicted molar refractivity (Wildman–Crippen MR) is 101 cm³/mol. The lowest BCUT2D eigenvalue weighted by Gasteiger charge is -2.21. The summed E-state index contributed by atoms with van der Waals surface area (Å²) in [4.78, 5) is 38.6. The molecule has 0 aromatic heterocycles. The summed E-state index contributed by atoms with van der Waals surface area (Å²) in [6.07, 6.45) is 0. The molecule has 0 radical (unpaired) electrons. The molecular formula is C20H17FN4O5. The van der Waals surface area contributed by atoms with Crippen LogP contribution in [0.15, 0.2) is 52.8 Å². The Morgan fingerprint density at radius 3 is 2.50 bits per heavy atom. The minimum Gasteiger partial charge on any atom is -0.496 e. The Balaban J connectivity index is 1.62. The second-order valence-corrected chi connectivity index (χ2v) is 6.70. The molecule has 2 aromatic rings. The summed E-state index contributed by atoms with van der Waals surface area (Å²) in [6, 6.07) is 7.88. The van der Waals surface area contributed by atoms with Gasteiger partial charge in [0.15, 0.2) is 12.1 Å². The van der Waals surface area contributed by atoms with Crippen LogP contribution in [0.5, 0.6) is 5.75 Å². The highest BCUT2D eigenvalue weighted by atomic mass is 19.1. The Morgan fingerprint density at radius 1 is 1.10 bits per heavy atom. The lowest BCUT2D eigenvalue weighted by atomic mass is 10.1. The number of anilines is 1. The fourth-order valence-corrected chi connectivity index (χ4v) is 3.52. The van der Waals surface area contributed by atoms with Crippen molar-refractivity contribution < 1.29 is 28.2 Å². The number of amides is 2. The van der Waals surface area contributed by atoms with Crippen LogP contribution in [-0.2, 0) is 20.9 Å². The molecule has 1 fully saturated rings. The molecule has 2 aliphatic heterocycles. The maximum Gasteiger partial charge on any atom is 0.337 e. The lowest BCUT2D eigenvalue weighted by molar-refractivity contribution is -0.123. The van der Waals surface area contributed by atoms with E-state index in [0.29, 0.717) is 16.9 Å². The second kappa shape index (κ2) is 7.54. The lowest BCUT2D eigenvalue weighted by Crippen LogP contribution is -2.39. The SMILES string of the molecule is COC(=O)c1ccc(OC)c(CN2N=N[C@H]3C(=O)N(c4ccc(F)cc4)C(=O)[C@@H]32)c1. The van der Waals surface area contributed by atoms with E-state index in [2.05, 4.69) is 10.3 Å². The van der Waals surface area contributed by atoms with Gasteiger partial charge in [-0.1, -0.05) is 5.22 Å². The minimum atomic E-state index is -0.989. The molecular weight excluding hydrogens is 395 g/mol. The fourth-order valence-electron chi connectivity index (χ4n) is 3.52. The molecule has 0 bridgehead atoms. The number of carbonyl (C=O) groups is 3. The number of benzene rings is 2. The van der Waals surface area contributed by atoms with Crippen molar-refractivity contribution in [3.8, 4) is 5.75 Å². The van der Waals surface area contributed by atoms with Crippen molar-refractivity contribution in [1.29, 1.82) is 0 Å². The van der Waals surface area contributed by atoms with E-state index in [1.54, 1.807) is 18.2 Å². The molecule has 2 heterocycles. The van der Waals surface area contributed by atoms with Gasteiger partial charge in [0, 0.05) is 5.56 Å². The summed E-state index contributed by atoms with van der Waals surface area (Å²) in [5.41, 5.74) is 1.14. The molecule has 2 aliphatic rings. The highest BCUT2D eigenvalue weighted by Gasteiger charge is 2.54. The summed E-state index contributed by atoms with van der Waals surface area (Å²) < 4.78 is 23.3. The molecule has 0 N–H and O–H groups in total. The van der Waals surface area contributed by atoms with Gasteiger partial charge in [0.2, 0.25) is 0 Å². The molecule has 30 heavy (non-hydrogen) atoms. The van der Waals surface area contributed by atoms with Gasteiger partial charge in [0.1, 0.15) is 11.6 Å². The average Bonchev–Trinajstić information content (AvgIpc) is 3.28. The number of halogens is 1. The van der Waals surface area contributed by atoms with Gasteiger partial charge in [-0.3, -0.25) is 14.6 Å². The number of rotatable bonds is 5. The van der Waals surface area contributed by atoms with E-state index >= 15 is 0 Å². The highest BCUT2D eigenvalue weighted by molar-refractivity contribution is 6.25. The van der Waals surface area contributed by atoms with Gasteiger partial charge in [0.25, 0.3) is 11.8 Å². The minimum absolute atomic E-state index is 0.0783. The molecule has 0 aliphatic carbocycles. The predicted octanol–water partition coefficient (Wildman–Crippen LogP) is 2.11. The Hall–Kier alpha value is -3.82. The monoisotopic (exact) mass is 412 g/mol. The van der Waals surface area contributed by atoms with Gasteiger partial charge in [-0.05, 0) is 42.5 Å². The molecule has 0 unspecified atom stereocenters. The quantitative estimate of drug-likeness (QED) is 0.551. The van der Waals surface area contributed by atoms with Crippen LogP contribution < -0.4 is 9.64 Å². The van der Waals surface area contributed by atoms with Gasteiger partial charge in [-0.2, -0.15) is 5.11 Å². The van der Waals surface area contributed by atoms with Crippen molar-refractivity contribution in [2.45, 2.75) is 18.6 Å². The summed E-state index contributed by atoms with van der Waals surface area (Å²) in [5.74, 6) is -1.55. The van der Waals surface area contributed by atoms with Crippen LogP contribution in [0.25, 0.3) is 0 Å². The standard InChI is InChI=1S/C20H17FN4O5/c1-29-15-8-3-11(20(28)30-2)9-12(15)10-24-17-16(22-23-24)18(26)25(19(17)27)14-6-4-13(21)5-7-14/h3-9,16-17H,10H2,1-2H3/t16-,17-/m1/s1. The second-order valence-electron chi connectivity index (χ2n) is 6.70. The van der Waals surface area contributed by atoms with Crippen LogP contribution in [0.2, 0.25) is 0 Å². The molecule has 0 saturated carbocycles. The van der Waals surface area contributed by atoms with Crippen LogP contribution in [0, 0.1) is 5.82 Å². The topological polar surface area (TPSA) is 101 Å². The van der Waals surface area contributed by atoms with E-state index in [-0.39, 0.29) is 12.2 Å². The van der Waals surface area contributed by atoms with Gasteiger partial charge in [-0.25, -0.2) is 14.1 Å². The van der Waals surface area contributed by atoms with Crippen molar-refractivity contribution in [3.63, 3.8) is 0 Å². The van der Waals surface area contributed by atoms with E-state index < -0.39 is 35.7 Å². The Labute approximate surface area is 170 Å². The zero-order chi connectivity index (χ0) is 21.4. The van der Waals surface area contributed by atoms with E-state index in [1.165, 1.54) is 43.5 Å². The molecule has 2 aromatic carbocycles. The normalized spacial score (nSPS) is 20.0. The third kappa shape index (κ3) is 3.15. The number of esters is 1. The molecule has 10 heteroatoms. The number of carbonyl (C=O) groups excluding carboxylic acids is 3. The third-order valence-corrected chi connectivity index (χ3v) is 4.98. The van der Waals surface area contributed by atoms with Crippen LogP contribution in [0.3, 0.4) is 0 Å². The van der Waals surface area contributed by atoms with Crippen molar-refractivity contribution in [3.05, 3.63) is 59.4 Å². The fraction of sp³-hybridized carbons (Fsp3) is 0.250. The van der Waals surface area contributed by atoms with E-state index in [0.717, 1.165) is 4.90 Å². The summed E-state index contributed by atoms with van der Waals surface area (Å²) in [5, 5.41) is 9.33. The summed E-state index contributed by atoms with van der Waals surface area (Å²) in [7, 11) is 2.75. The first-order valence-electron chi connectivity index (χ1n) is 9.00. The van der Waals surface area contributed by atoms with Crippen molar-refractivity contribution in [1.82, 2.24) is 5.01 Å². The van der Waals surface area contributed by atoms with Gasteiger partial charge < -0.3 is 9.47 Å². The molecule has 4 rings (SSSR count). The Morgan fingerprint density at radius 2 is 1.83 bits per heavy atom. The number of fused-ring (bicyclic) bond motifs is 1. The van der Waals surface area contributed by atoms with E-state index in [1.807, 2.05) is 0 Å². The molecule has 2 amide bonds. The van der Waals surface area contributed by atoms with Crippen LogP contribution in [0.1, 0.15) is 15.9 Å². The van der Waals surface area contributed by atoms with Crippen molar-refractivity contribution >= 4 is 23.5 Å². The van der Waals surface area contributed by atoms with E-state index in [4.69, 9.17) is 9.47 Å². The van der Waals surface area contributed by atoms with Crippen LogP contribution in [-0.4, -0.2) is 49.1 Å². The first-order valence-corrected chi connectivity index (χ1v) is 9.00. The number of hydrogen-bond donors (Lipinski definition) is 0. The maximum absolute atomic E-state index is 13.2. The molecule has 1 saturated heterocycles. The molecule has 154 valence electrons. The summed E-state index contributed by atoms with van der Waals surface area (Å²) >= 11 is 0. The first kappa shape index (κ1) is 19.5. The Kier molecular flexibility index (Phi) is 4.90. The van der Waals surface area contributed by atoms with Crippen molar-refractivity contribution in [2.75, 3.05) is 19.1 Å². The van der Waals surface area contributed by atoms with Crippen LogP contribution >= 0.6 is 0 Å². The zero-order valence-electron chi connectivity index (χ0n) is 16.1. The van der Waals surface area contributed by atoms with Gasteiger partial charge in [0.05, 0.1) is 32.0 Å². The number of ether oxygens (including phenoxy) is 2. The highest BCUT2D eigenvalue weighted by Crippen LogP contribution is 2.34. The van der Waals surface area contributed by atoms with Gasteiger partial charge in [-0.15, -0.1) is 0 Å². The summed E-state index contributed by atoms with van der Waals surface area (Å²) in [6.45, 7) is 0.0783. The maximum atomic E-state index is 13.2. The number of hydrogen-bond acceptors (Lipinski definition) is 8. The third-order valence-electron chi connectivity index (χ3n) is 4.98. The van der Waals surface area contributed by atoms with Gasteiger partial charge >= 0.3 is 5.97 Å². The largest absolute Gasteiger partial charge is 0.496 e. The Bertz CT molecular complexity index is 1060. The average molecular weight is 412 g/mol. The smallest absolute Gasteiger partial charge is 0.337 e. The molecule has 2 atom stereocenters. The number of methoxy groups -OCH3 is 2. The number of imide groups is 1. The molecule has 0 spiro atoms. The zero-order valence-corrected chi connectivity index (χ0v) is 16.1. The molecule has 9 nitrogen and oxygen atoms in total. The number of nitrogens with zero attached hydrogens (tertiary/aromatic N) is 4. The van der Waals surface area contributed by atoms with E-state index in [9.17, 15) is 18.8 Å².